The molecule has 0 saturated carbocycles. The number of rotatable bonds is 18. The summed E-state index contributed by atoms with van der Waals surface area (Å²) in [6.45, 7) is 9.11. The first kappa shape index (κ1) is 70.2. The van der Waals surface area contributed by atoms with E-state index in [-0.39, 0.29) is 29.9 Å². The van der Waals surface area contributed by atoms with Crippen molar-refractivity contribution in [1.29, 1.82) is 0 Å². The molecule has 6 aromatic heterocycles. The highest BCUT2D eigenvalue weighted by molar-refractivity contribution is 7.92. The van der Waals surface area contributed by atoms with Gasteiger partial charge in [-0.05, 0) is 161 Å². The van der Waals surface area contributed by atoms with Crippen molar-refractivity contribution >= 4 is 72.4 Å². The van der Waals surface area contributed by atoms with E-state index < -0.39 is 10.0 Å². The predicted molar refractivity (Wildman–Crippen MR) is 400 cm³/mol. The summed E-state index contributed by atoms with van der Waals surface area (Å²) in [5, 5.41) is 17.9. The summed E-state index contributed by atoms with van der Waals surface area (Å²) in [5.74, 6) is 5.68. The summed E-state index contributed by atoms with van der Waals surface area (Å²) < 4.78 is 54.2. The number of anilines is 3. The number of aromatic nitrogens is 12. The lowest BCUT2D eigenvalue weighted by molar-refractivity contribution is -0.128. The van der Waals surface area contributed by atoms with Crippen LogP contribution in [0, 0.1) is 0 Å². The Bertz CT molecular complexity index is 5130. The van der Waals surface area contributed by atoms with E-state index in [2.05, 4.69) is 36.5 Å². The molecule has 530 valence electrons. The smallest absolute Gasteiger partial charge is 0.246 e. The van der Waals surface area contributed by atoms with E-state index in [1.807, 2.05) is 195 Å². The van der Waals surface area contributed by atoms with Crippen LogP contribution >= 0.6 is 0 Å². The van der Waals surface area contributed by atoms with Crippen LogP contribution in [0.5, 0.6) is 34.5 Å². The molecule has 0 aliphatic carbocycles. The van der Waals surface area contributed by atoms with Crippen LogP contribution in [0.3, 0.4) is 0 Å². The lowest BCUT2D eigenvalue weighted by atomic mass is 10.1. The number of piperidine rings is 3. The van der Waals surface area contributed by atoms with Gasteiger partial charge in [0.05, 0.1) is 40.9 Å². The minimum atomic E-state index is -3.43. The number of benzene rings is 6. The average Bonchev–Trinajstić information content (AvgIpc) is 1.62. The van der Waals surface area contributed by atoms with E-state index in [1.165, 1.54) is 23.3 Å². The van der Waals surface area contributed by atoms with Crippen LogP contribution in [0.1, 0.15) is 63.6 Å². The van der Waals surface area contributed by atoms with Crippen LogP contribution in [-0.2, 0) is 24.3 Å². The number of ether oxygens (including phenoxy) is 4. The molecule has 2 amide bonds. The summed E-state index contributed by atoms with van der Waals surface area (Å²) in [6, 6.07) is 52.2. The first-order valence-corrected chi connectivity index (χ1v) is 35.7. The zero-order valence-corrected chi connectivity index (χ0v) is 58.3. The lowest BCUT2D eigenvalue weighted by Gasteiger charge is -2.31. The Labute approximate surface area is 600 Å². The van der Waals surface area contributed by atoms with E-state index in [9.17, 15) is 18.0 Å². The number of fused-ring (bicyclic) bond motifs is 3. The van der Waals surface area contributed by atoms with Gasteiger partial charge in [0.1, 0.15) is 88.0 Å². The molecule has 0 atom stereocenters. The number of amides is 2. The van der Waals surface area contributed by atoms with E-state index in [0.717, 1.165) is 98.7 Å². The fourth-order valence-electron chi connectivity index (χ4n) is 13.0. The van der Waals surface area contributed by atoms with Gasteiger partial charge in [-0.2, -0.15) is 19.6 Å². The maximum atomic E-state index is 12.4. The van der Waals surface area contributed by atoms with Crippen molar-refractivity contribution in [1.82, 2.24) is 73.4 Å². The average molecular weight is 1420 g/mol. The zero-order valence-electron chi connectivity index (χ0n) is 57.5. The number of hydrogen-bond donors (Lipinski definition) is 3. The van der Waals surface area contributed by atoms with Gasteiger partial charge in [-0.3, -0.25) is 9.59 Å². The van der Waals surface area contributed by atoms with Crippen molar-refractivity contribution in [2.45, 2.75) is 63.6 Å². The van der Waals surface area contributed by atoms with Gasteiger partial charge in [0.25, 0.3) is 0 Å². The Morgan fingerprint density at radius 2 is 0.760 bits per heavy atom. The fraction of sp³-hybridized carbons (Fsp3) is 0.234. The maximum Gasteiger partial charge on any atom is 0.246 e. The number of likely N-dealkylation sites (tertiary alicyclic amines) is 2. The minimum absolute atomic E-state index is 0.000827. The van der Waals surface area contributed by atoms with Crippen LogP contribution in [0.15, 0.2) is 219 Å². The van der Waals surface area contributed by atoms with Gasteiger partial charge >= 0.3 is 0 Å². The predicted octanol–water partition coefficient (Wildman–Crippen LogP) is 12.8. The van der Waals surface area contributed by atoms with Crippen LogP contribution in [0.4, 0.5) is 17.5 Å². The molecule has 3 saturated heterocycles. The third-order valence-electron chi connectivity index (χ3n) is 18.3. The number of nitrogens with two attached hydrogens (primary N) is 3. The maximum absolute atomic E-state index is 12.4. The van der Waals surface area contributed by atoms with Gasteiger partial charge in [-0.1, -0.05) is 73.3 Å². The van der Waals surface area contributed by atoms with Crippen LogP contribution in [0.25, 0.3) is 66.9 Å². The van der Waals surface area contributed by atoms with Gasteiger partial charge in [-0.15, -0.1) is 0 Å². The van der Waals surface area contributed by atoms with Crippen molar-refractivity contribution in [2.75, 3.05) is 70.2 Å². The molecule has 6 N–H and O–H groups in total. The summed E-state index contributed by atoms with van der Waals surface area (Å²) in [6.07, 6.45) is 15.4. The van der Waals surface area contributed by atoms with Crippen molar-refractivity contribution < 1.29 is 37.0 Å². The highest BCUT2D eigenvalue weighted by Gasteiger charge is 2.32. The third-order valence-corrected chi connectivity index (χ3v) is 19.8. The number of hydrogen-bond acceptors (Lipinski definition) is 20. The SMILES string of the molecule is C/C=C/C(=O)N1CCC(n2nc(-c3ccc(Oc4ccccc4)cc3)c3c(N)ncnc32)CC1.C=CS(=O)(=O)N1CCC(n2nc(-c3ccc(Oc4ccccc4)cc3)c3c(N)ncnc32)CC1.COC/C=C/C(=O)N1CCC(n2nc(-c3ccc(Oc4ccccc4)cc3)c3c(N)ncnc32)CC1. The van der Waals surface area contributed by atoms with E-state index in [1.54, 1.807) is 31.4 Å². The Balaban J connectivity index is 0.000000139. The van der Waals surface area contributed by atoms with Crippen LogP contribution in [0.2, 0.25) is 0 Å². The van der Waals surface area contributed by atoms with Gasteiger partial charge in [-0.25, -0.2) is 52.4 Å². The number of nitrogens with zero attached hydrogens (tertiary/aromatic N) is 15. The standard InChI is InChI=1S/C27H28N6O3.C26H26N6O2.C24H24N6O3S/c1-35-17-5-8-23(34)32-15-13-20(14-16-32)33-27-24(26(28)29-18-30-27)25(31-33)19-9-11-22(12-10-19)36-21-6-3-2-4-7-21;1-2-6-22(33)31-15-13-19(14-16-31)32-26-23(25(27)28-17-29-26)24(30-32)18-9-11-21(12-10-18)34-20-7-4-3-5-8-20;1-2-34(31,32)29-14-12-18(13-15-29)30-24-21(23(25)26-16-27-24)22(28-30)17-8-10-20(11-9-17)33-19-6-4-3-5-7-19/h2-12,18,20H,13-17H2,1H3,(H2,28,29,30);2-12,17,19H,13-16H2,1H3,(H2,27,28,29);2-11,16,18H,1,12-15H2,(H2,25,26,27)/b8-5+;6-2+;. The second kappa shape index (κ2) is 32.2. The van der Waals surface area contributed by atoms with Crippen molar-refractivity contribution in [2.24, 2.45) is 0 Å². The molecule has 12 aromatic rings. The summed E-state index contributed by atoms with van der Waals surface area (Å²) in [5.41, 5.74) is 25.7. The number of allylic oxidation sites excluding steroid dienone is 1. The number of carbonyl (C=O) groups is 2. The molecule has 104 heavy (non-hydrogen) atoms. The quantitative estimate of drug-likeness (QED) is 0.0672. The number of nitrogen functional groups attached to an aromatic ring is 3. The fourth-order valence-corrected chi connectivity index (χ4v) is 13.9. The zero-order chi connectivity index (χ0) is 72.1. The summed E-state index contributed by atoms with van der Waals surface area (Å²) in [4.78, 5) is 54.4. The van der Waals surface area contributed by atoms with Gasteiger partial charge in [0.15, 0.2) is 16.9 Å². The van der Waals surface area contributed by atoms with Crippen molar-refractivity contribution in [3.05, 3.63) is 219 Å². The van der Waals surface area contributed by atoms with E-state index >= 15 is 0 Å². The normalized spacial score (nSPS) is 14.9. The van der Waals surface area contributed by atoms with Crippen LogP contribution < -0.4 is 31.4 Å². The Hall–Kier alpha value is -12.2. The number of carbonyl (C=O) groups excluding carboxylic acids is 2. The summed E-state index contributed by atoms with van der Waals surface area (Å²) in [7, 11) is -1.83. The second-order valence-corrected chi connectivity index (χ2v) is 26.8. The number of sulfonamides is 1. The molecule has 0 bridgehead atoms. The molecule has 6 aromatic carbocycles. The largest absolute Gasteiger partial charge is 0.457 e. The van der Waals surface area contributed by atoms with E-state index in [0.29, 0.717) is 110 Å². The molecular weight excluding hydrogens is 1340 g/mol. The first-order valence-electron chi connectivity index (χ1n) is 34.2. The molecule has 0 spiro atoms. The Morgan fingerprint density at radius 3 is 1.07 bits per heavy atom. The van der Waals surface area contributed by atoms with E-state index in [4.69, 9.17) is 51.4 Å². The molecule has 0 unspecified atom stereocenters. The second-order valence-electron chi connectivity index (χ2n) is 24.9. The molecular formula is C77H78N18O8S. The summed E-state index contributed by atoms with van der Waals surface area (Å²) >= 11 is 0. The number of methoxy groups -OCH3 is 1. The molecule has 9 heterocycles. The molecule has 27 heteroatoms. The lowest BCUT2D eigenvalue weighted by Crippen LogP contribution is -2.38. The third kappa shape index (κ3) is 15.9. The highest BCUT2D eigenvalue weighted by atomic mass is 32.2. The molecule has 0 radical (unpaired) electrons. The van der Waals surface area contributed by atoms with Crippen LogP contribution in [-0.4, -0.2) is 147 Å². The minimum Gasteiger partial charge on any atom is -0.457 e. The first-order chi connectivity index (χ1) is 50.7. The van der Waals surface area contributed by atoms with Crippen molar-refractivity contribution in [3.63, 3.8) is 0 Å². The Morgan fingerprint density at radius 1 is 0.452 bits per heavy atom. The van der Waals surface area contributed by atoms with Gasteiger partial charge < -0.3 is 45.9 Å². The molecule has 26 nitrogen and oxygen atoms in total. The van der Waals surface area contributed by atoms with Crippen molar-refractivity contribution in [3.8, 4) is 68.3 Å². The highest BCUT2D eigenvalue weighted by Crippen LogP contribution is 2.40. The number of para-hydroxylation sites is 3. The molecule has 15 rings (SSSR count). The monoisotopic (exact) mass is 1410 g/mol. The molecule has 3 fully saturated rings. The Kier molecular flexibility index (Phi) is 21.7. The van der Waals surface area contributed by atoms with Gasteiger partial charge in [0, 0.05) is 74.6 Å². The topological polar surface area (TPSA) is 324 Å². The van der Waals surface area contributed by atoms with Gasteiger partial charge in [0.2, 0.25) is 21.8 Å². The molecule has 3 aliphatic rings. The molecule has 3 aliphatic heterocycles.